The standard InChI is InChI=1S/C11H17NO2S/c1-2-9(13)5-6-12-11(14)8-10-4-3-7-15-10/h3-4,7,9,13H,2,5-6,8H2,1H3,(H,12,14). The van der Waals surface area contributed by atoms with Gasteiger partial charge in [-0.1, -0.05) is 13.0 Å². The van der Waals surface area contributed by atoms with E-state index in [9.17, 15) is 9.90 Å². The molecule has 15 heavy (non-hydrogen) atoms. The van der Waals surface area contributed by atoms with Gasteiger partial charge in [0.25, 0.3) is 0 Å². The molecule has 0 fully saturated rings. The summed E-state index contributed by atoms with van der Waals surface area (Å²) in [4.78, 5) is 12.5. The first-order valence-corrected chi connectivity index (χ1v) is 6.07. The molecule has 4 heteroatoms. The Morgan fingerprint density at radius 2 is 2.47 bits per heavy atom. The minimum Gasteiger partial charge on any atom is -0.393 e. The molecule has 0 aliphatic carbocycles. The zero-order valence-corrected chi connectivity index (χ0v) is 9.72. The highest BCUT2D eigenvalue weighted by Gasteiger charge is 2.05. The molecule has 0 saturated heterocycles. The number of carbonyl (C=O) groups is 1. The number of thiophene rings is 1. The summed E-state index contributed by atoms with van der Waals surface area (Å²) in [6.07, 6.45) is 1.51. The summed E-state index contributed by atoms with van der Waals surface area (Å²) < 4.78 is 0. The summed E-state index contributed by atoms with van der Waals surface area (Å²) in [6, 6.07) is 3.89. The van der Waals surface area contributed by atoms with Gasteiger partial charge in [0.1, 0.15) is 0 Å². The smallest absolute Gasteiger partial charge is 0.225 e. The molecule has 1 heterocycles. The number of amides is 1. The molecule has 0 bridgehead atoms. The molecule has 0 aliphatic heterocycles. The number of nitrogens with one attached hydrogen (secondary N) is 1. The first kappa shape index (κ1) is 12.2. The van der Waals surface area contributed by atoms with Crippen LogP contribution in [0, 0.1) is 0 Å². The molecular weight excluding hydrogens is 210 g/mol. The Morgan fingerprint density at radius 1 is 1.67 bits per heavy atom. The van der Waals surface area contributed by atoms with Crippen LogP contribution in [0.5, 0.6) is 0 Å². The van der Waals surface area contributed by atoms with E-state index in [1.165, 1.54) is 0 Å². The van der Waals surface area contributed by atoms with E-state index >= 15 is 0 Å². The normalized spacial score (nSPS) is 12.4. The van der Waals surface area contributed by atoms with Crippen LogP contribution in [0.4, 0.5) is 0 Å². The fourth-order valence-electron chi connectivity index (χ4n) is 1.22. The molecule has 1 aromatic heterocycles. The zero-order valence-electron chi connectivity index (χ0n) is 8.90. The first-order chi connectivity index (χ1) is 7.22. The van der Waals surface area contributed by atoms with E-state index in [0.717, 1.165) is 11.3 Å². The average molecular weight is 227 g/mol. The van der Waals surface area contributed by atoms with Gasteiger partial charge in [-0.3, -0.25) is 4.79 Å². The maximum Gasteiger partial charge on any atom is 0.225 e. The zero-order chi connectivity index (χ0) is 11.1. The molecule has 1 aromatic rings. The SMILES string of the molecule is CCC(O)CCNC(=O)Cc1cccs1. The van der Waals surface area contributed by atoms with Crippen molar-refractivity contribution in [1.82, 2.24) is 5.32 Å². The van der Waals surface area contributed by atoms with Gasteiger partial charge in [0.05, 0.1) is 12.5 Å². The Hall–Kier alpha value is -0.870. The maximum absolute atomic E-state index is 11.4. The molecule has 2 N–H and O–H groups in total. The van der Waals surface area contributed by atoms with Crippen LogP contribution < -0.4 is 5.32 Å². The molecule has 84 valence electrons. The largest absolute Gasteiger partial charge is 0.393 e. The lowest BCUT2D eigenvalue weighted by molar-refractivity contribution is -0.120. The van der Waals surface area contributed by atoms with Crippen molar-refractivity contribution in [3.8, 4) is 0 Å². The third-order valence-corrected chi connectivity index (χ3v) is 3.06. The second kappa shape index (κ2) is 6.58. The molecule has 1 atom stereocenters. The summed E-state index contributed by atoms with van der Waals surface area (Å²) in [5.74, 6) is 0.0285. The molecule has 1 rings (SSSR count). The lowest BCUT2D eigenvalue weighted by Gasteiger charge is -2.08. The van der Waals surface area contributed by atoms with E-state index in [2.05, 4.69) is 5.32 Å². The van der Waals surface area contributed by atoms with Crippen molar-refractivity contribution in [2.45, 2.75) is 32.3 Å². The quantitative estimate of drug-likeness (QED) is 0.775. The fourth-order valence-corrected chi connectivity index (χ4v) is 1.92. The van der Waals surface area contributed by atoms with E-state index in [0.29, 0.717) is 19.4 Å². The van der Waals surface area contributed by atoms with Crippen LogP contribution >= 0.6 is 11.3 Å². The summed E-state index contributed by atoms with van der Waals surface area (Å²) in [5.41, 5.74) is 0. The Morgan fingerprint density at radius 3 is 3.07 bits per heavy atom. The van der Waals surface area contributed by atoms with Crippen LogP contribution in [-0.4, -0.2) is 23.7 Å². The highest BCUT2D eigenvalue weighted by Crippen LogP contribution is 2.08. The van der Waals surface area contributed by atoms with Crippen LogP contribution in [0.3, 0.4) is 0 Å². The third kappa shape index (κ3) is 4.95. The third-order valence-electron chi connectivity index (χ3n) is 2.19. The van der Waals surface area contributed by atoms with Crippen LogP contribution in [0.1, 0.15) is 24.6 Å². The van der Waals surface area contributed by atoms with Crippen molar-refractivity contribution in [2.75, 3.05) is 6.54 Å². The van der Waals surface area contributed by atoms with Gasteiger partial charge in [-0.2, -0.15) is 0 Å². The Kier molecular flexibility index (Phi) is 5.36. The predicted molar refractivity (Wildman–Crippen MR) is 61.9 cm³/mol. The van der Waals surface area contributed by atoms with Crippen molar-refractivity contribution in [2.24, 2.45) is 0 Å². The van der Waals surface area contributed by atoms with Crippen LogP contribution in [0.25, 0.3) is 0 Å². The minimum absolute atomic E-state index is 0.0285. The Bertz CT molecular complexity index is 285. The van der Waals surface area contributed by atoms with Crippen LogP contribution in [0.15, 0.2) is 17.5 Å². The minimum atomic E-state index is -0.299. The van der Waals surface area contributed by atoms with Crippen LogP contribution in [0.2, 0.25) is 0 Å². The Balaban J connectivity index is 2.14. The summed E-state index contributed by atoms with van der Waals surface area (Å²) in [6.45, 7) is 2.48. The molecule has 3 nitrogen and oxygen atoms in total. The fraction of sp³-hybridized carbons (Fsp3) is 0.545. The number of rotatable bonds is 6. The summed E-state index contributed by atoms with van der Waals surface area (Å²) >= 11 is 1.59. The van der Waals surface area contributed by atoms with Gasteiger partial charge >= 0.3 is 0 Å². The Labute approximate surface area is 94.1 Å². The van der Waals surface area contributed by atoms with Gasteiger partial charge in [-0.25, -0.2) is 0 Å². The summed E-state index contributed by atoms with van der Waals surface area (Å²) in [5, 5.41) is 14.0. The lowest BCUT2D eigenvalue weighted by Crippen LogP contribution is -2.28. The summed E-state index contributed by atoms with van der Waals surface area (Å²) in [7, 11) is 0. The van der Waals surface area contributed by atoms with Crippen molar-refractivity contribution in [3.63, 3.8) is 0 Å². The number of carbonyl (C=O) groups excluding carboxylic acids is 1. The van der Waals surface area contributed by atoms with Gasteiger partial charge in [0.2, 0.25) is 5.91 Å². The topological polar surface area (TPSA) is 49.3 Å². The number of hydrogen-bond acceptors (Lipinski definition) is 3. The number of aliphatic hydroxyl groups is 1. The highest BCUT2D eigenvalue weighted by atomic mass is 32.1. The van der Waals surface area contributed by atoms with Crippen molar-refractivity contribution >= 4 is 17.2 Å². The van der Waals surface area contributed by atoms with Gasteiger partial charge in [-0.15, -0.1) is 11.3 Å². The van der Waals surface area contributed by atoms with E-state index < -0.39 is 0 Å². The van der Waals surface area contributed by atoms with Gasteiger partial charge in [-0.05, 0) is 24.3 Å². The predicted octanol–water partition coefficient (Wildman–Crippen LogP) is 1.57. The first-order valence-electron chi connectivity index (χ1n) is 5.19. The molecule has 0 saturated carbocycles. The van der Waals surface area contributed by atoms with E-state index in [1.54, 1.807) is 11.3 Å². The lowest BCUT2D eigenvalue weighted by atomic mass is 10.2. The second-order valence-corrected chi connectivity index (χ2v) is 4.49. The second-order valence-electron chi connectivity index (χ2n) is 3.46. The number of hydrogen-bond donors (Lipinski definition) is 2. The van der Waals surface area contributed by atoms with Gasteiger partial charge in [0.15, 0.2) is 0 Å². The molecule has 0 spiro atoms. The van der Waals surface area contributed by atoms with Gasteiger partial charge < -0.3 is 10.4 Å². The van der Waals surface area contributed by atoms with Gasteiger partial charge in [0, 0.05) is 11.4 Å². The van der Waals surface area contributed by atoms with Crippen LogP contribution in [-0.2, 0) is 11.2 Å². The molecule has 0 aliphatic rings. The number of aliphatic hydroxyl groups excluding tert-OH is 1. The monoisotopic (exact) mass is 227 g/mol. The van der Waals surface area contributed by atoms with Crippen molar-refractivity contribution in [1.29, 1.82) is 0 Å². The van der Waals surface area contributed by atoms with E-state index in [1.807, 2.05) is 24.4 Å². The molecule has 0 aromatic carbocycles. The molecule has 1 amide bonds. The molecular formula is C11H17NO2S. The van der Waals surface area contributed by atoms with Crippen molar-refractivity contribution < 1.29 is 9.90 Å². The van der Waals surface area contributed by atoms with E-state index in [4.69, 9.17) is 0 Å². The molecule has 1 unspecified atom stereocenters. The van der Waals surface area contributed by atoms with Crippen molar-refractivity contribution in [3.05, 3.63) is 22.4 Å². The average Bonchev–Trinajstić information content (AvgIpc) is 2.70. The molecule has 0 radical (unpaired) electrons. The highest BCUT2D eigenvalue weighted by molar-refractivity contribution is 7.10. The van der Waals surface area contributed by atoms with E-state index in [-0.39, 0.29) is 12.0 Å². The maximum atomic E-state index is 11.4.